The maximum Gasteiger partial charge on any atom is 0.573 e. The van der Waals surface area contributed by atoms with Crippen molar-refractivity contribution in [1.82, 2.24) is 4.90 Å². The van der Waals surface area contributed by atoms with Crippen molar-refractivity contribution in [2.45, 2.75) is 32.0 Å². The smallest absolute Gasteiger partial charge is 0.406 e. The molecule has 3 rings (SSSR count). The van der Waals surface area contributed by atoms with Crippen LogP contribution in [0.1, 0.15) is 24.8 Å². The van der Waals surface area contributed by atoms with E-state index < -0.39 is 16.2 Å². The summed E-state index contributed by atoms with van der Waals surface area (Å²) in [6.07, 6.45) is -1.06. The minimum Gasteiger partial charge on any atom is -0.406 e. The summed E-state index contributed by atoms with van der Waals surface area (Å²) in [6, 6.07) is 5.99. The molecule has 2 fully saturated rings. The third-order valence-corrected chi connectivity index (χ3v) is 7.17. The largest absolute Gasteiger partial charge is 0.573 e. The van der Waals surface area contributed by atoms with E-state index in [1.807, 2.05) is 0 Å². The van der Waals surface area contributed by atoms with Gasteiger partial charge in [0.15, 0.2) is 9.84 Å². The minimum atomic E-state index is -4.66. The van der Waals surface area contributed by atoms with Crippen LogP contribution in [0.3, 0.4) is 0 Å². The van der Waals surface area contributed by atoms with Crippen LogP contribution < -0.4 is 4.74 Å². The van der Waals surface area contributed by atoms with Gasteiger partial charge >= 0.3 is 6.36 Å². The lowest BCUT2D eigenvalue weighted by Gasteiger charge is -2.47. The Morgan fingerprint density at radius 1 is 1.08 bits per heavy atom. The summed E-state index contributed by atoms with van der Waals surface area (Å²) in [5.41, 5.74) is 1.01. The number of likely N-dealkylation sites (tertiary alicyclic amines) is 1. The lowest BCUT2D eigenvalue weighted by atomic mass is 9.81. The number of nitrogens with zero attached hydrogens (tertiary/aromatic N) is 1. The molecule has 0 atom stereocenters. The van der Waals surface area contributed by atoms with E-state index in [4.69, 9.17) is 0 Å². The summed E-state index contributed by atoms with van der Waals surface area (Å²) >= 11 is 0. The Hall–Kier alpha value is -1.28. The first kappa shape index (κ1) is 18.5. The van der Waals surface area contributed by atoms with Gasteiger partial charge in [-0.05, 0) is 63.0 Å². The Morgan fingerprint density at radius 2 is 1.68 bits per heavy atom. The first-order valence-electron chi connectivity index (χ1n) is 8.42. The van der Waals surface area contributed by atoms with Crippen molar-refractivity contribution in [3.05, 3.63) is 29.8 Å². The molecule has 2 aliphatic heterocycles. The molecular weight excluding hydrogens is 355 g/mol. The molecule has 8 heteroatoms. The highest BCUT2D eigenvalue weighted by molar-refractivity contribution is 7.92. The van der Waals surface area contributed by atoms with E-state index >= 15 is 0 Å². The Kier molecular flexibility index (Phi) is 5.03. The second-order valence-corrected chi connectivity index (χ2v) is 9.23. The summed E-state index contributed by atoms with van der Waals surface area (Å²) in [7, 11) is -2.77. The molecule has 0 bridgehead atoms. The summed E-state index contributed by atoms with van der Waals surface area (Å²) in [4.78, 5) is 2.34. The first-order chi connectivity index (χ1) is 11.6. The molecule has 0 amide bonds. The third kappa shape index (κ3) is 5.10. The van der Waals surface area contributed by atoms with Gasteiger partial charge in [0.25, 0.3) is 0 Å². The fourth-order valence-electron chi connectivity index (χ4n) is 3.79. The summed E-state index contributed by atoms with van der Waals surface area (Å²) in [5.74, 6) is 0.494. The number of rotatable bonds is 5. The van der Waals surface area contributed by atoms with Crippen LogP contribution in [-0.2, 0) is 16.3 Å². The van der Waals surface area contributed by atoms with Gasteiger partial charge in [-0.25, -0.2) is 8.42 Å². The van der Waals surface area contributed by atoms with E-state index in [-0.39, 0.29) is 11.2 Å². The number of benzene rings is 1. The monoisotopic (exact) mass is 377 g/mol. The molecule has 1 aromatic carbocycles. The van der Waals surface area contributed by atoms with Gasteiger partial charge in [0, 0.05) is 5.41 Å². The van der Waals surface area contributed by atoms with Crippen LogP contribution in [0, 0.1) is 5.41 Å². The standard InChI is InChI=1S/C17H22F3NO3S/c18-17(19,20)24-15-5-3-14(4-6-15)2-1-9-21-10-7-16(8-11-21)12-25(22,23)13-16/h3-6H,1-2,7-13H2. The molecule has 4 nitrogen and oxygen atoms in total. The Balaban J connectivity index is 1.38. The predicted octanol–water partition coefficient (Wildman–Crippen LogP) is 3.03. The van der Waals surface area contributed by atoms with Crippen molar-refractivity contribution in [2.75, 3.05) is 31.1 Å². The molecule has 2 saturated heterocycles. The van der Waals surface area contributed by atoms with Crippen LogP contribution >= 0.6 is 0 Å². The predicted molar refractivity (Wildman–Crippen MR) is 88.2 cm³/mol. The zero-order valence-corrected chi connectivity index (χ0v) is 14.7. The maximum atomic E-state index is 12.1. The molecular formula is C17H22F3NO3S. The van der Waals surface area contributed by atoms with Crippen molar-refractivity contribution < 1.29 is 26.3 Å². The van der Waals surface area contributed by atoms with E-state index in [9.17, 15) is 21.6 Å². The topological polar surface area (TPSA) is 46.6 Å². The highest BCUT2D eigenvalue weighted by atomic mass is 32.2. The fourth-order valence-corrected chi connectivity index (χ4v) is 6.15. The minimum absolute atomic E-state index is 0.0314. The molecule has 0 saturated carbocycles. The number of alkyl halides is 3. The number of sulfone groups is 1. The van der Waals surface area contributed by atoms with Gasteiger partial charge in [-0.2, -0.15) is 0 Å². The zero-order chi connectivity index (χ0) is 18.1. The number of aryl methyl sites for hydroxylation is 1. The fraction of sp³-hybridized carbons (Fsp3) is 0.647. The summed E-state index contributed by atoms with van der Waals surface area (Å²) in [5, 5.41) is 0. The van der Waals surface area contributed by atoms with Crippen LogP contribution in [-0.4, -0.2) is 50.8 Å². The van der Waals surface area contributed by atoms with Crippen molar-refractivity contribution in [3.63, 3.8) is 0 Å². The van der Waals surface area contributed by atoms with Gasteiger partial charge in [0.2, 0.25) is 0 Å². The van der Waals surface area contributed by atoms with E-state index in [0.717, 1.165) is 50.9 Å². The normalized spacial score (nSPS) is 22.5. The molecule has 1 spiro atoms. The molecule has 0 N–H and O–H groups in total. The first-order valence-corrected chi connectivity index (χ1v) is 10.2. The molecule has 140 valence electrons. The molecule has 25 heavy (non-hydrogen) atoms. The molecule has 0 aliphatic carbocycles. The van der Waals surface area contributed by atoms with Crippen molar-refractivity contribution >= 4 is 9.84 Å². The average molecular weight is 377 g/mol. The average Bonchev–Trinajstić information content (AvgIpc) is 2.48. The number of hydrogen-bond donors (Lipinski definition) is 0. The lowest BCUT2D eigenvalue weighted by molar-refractivity contribution is -0.274. The summed E-state index contributed by atoms with van der Waals surface area (Å²) < 4.78 is 63.0. The Labute approximate surface area is 145 Å². The van der Waals surface area contributed by atoms with Crippen molar-refractivity contribution in [1.29, 1.82) is 0 Å². The maximum absolute atomic E-state index is 12.1. The quantitative estimate of drug-likeness (QED) is 0.791. The van der Waals surface area contributed by atoms with Gasteiger partial charge in [0.05, 0.1) is 11.5 Å². The third-order valence-electron chi connectivity index (χ3n) is 5.07. The highest BCUT2D eigenvalue weighted by Gasteiger charge is 2.49. The second-order valence-electron chi connectivity index (χ2n) is 7.17. The van der Waals surface area contributed by atoms with Crippen LogP contribution in [0.2, 0.25) is 0 Å². The van der Waals surface area contributed by atoms with Gasteiger partial charge in [0.1, 0.15) is 5.75 Å². The van der Waals surface area contributed by atoms with Crippen LogP contribution in [0.25, 0.3) is 0 Å². The van der Waals surface area contributed by atoms with Crippen molar-refractivity contribution in [3.8, 4) is 5.75 Å². The molecule has 0 unspecified atom stereocenters. The molecule has 0 radical (unpaired) electrons. The summed E-state index contributed by atoms with van der Waals surface area (Å²) in [6.45, 7) is 2.77. The molecule has 0 aromatic heterocycles. The zero-order valence-electron chi connectivity index (χ0n) is 13.9. The lowest BCUT2D eigenvalue weighted by Crippen LogP contribution is -2.54. The molecule has 1 aromatic rings. The highest BCUT2D eigenvalue weighted by Crippen LogP contribution is 2.42. The van der Waals surface area contributed by atoms with E-state index in [2.05, 4.69) is 9.64 Å². The Bertz CT molecular complexity index is 679. The number of hydrogen-bond acceptors (Lipinski definition) is 4. The number of piperidine rings is 1. The SMILES string of the molecule is O=S1(=O)CC2(CCN(CCCc3ccc(OC(F)(F)F)cc3)CC2)C1. The van der Waals surface area contributed by atoms with E-state index in [0.29, 0.717) is 11.5 Å². The van der Waals surface area contributed by atoms with Gasteiger partial charge in [-0.1, -0.05) is 12.1 Å². The molecule has 2 aliphatic rings. The Morgan fingerprint density at radius 3 is 2.20 bits per heavy atom. The van der Waals surface area contributed by atoms with Crippen LogP contribution in [0.5, 0.6) is 5.75 Å². The van der Waals surface area contributed by atoms with Gasteiger partial charge < -0.3 is 9.64 Å². The second kappa shape index (κ2) is 6.79. The number of ether oxygens (including phenoxy) is 1. The van der Waals surface area contributed by atoms with Gasteiger partial charge in [-0.3, -0.25) is 0 Å². The van der Waals surface area contributed by atoms with Crippen LogP contribution in [0.4, 0.5) is 13.2 Å². The van der Waals surface area contributed by atoms with Gasteiger partial charge in [-0.15, -0.1) is 13.2 Å². The van der Waals surface area contributed by atoms with E-state index in [1.165, 1.54) is 12.1 Å². The van der Waals surface area contributed by atoms with Crippen LogP contribution in [0.15, 0.2) is 24.3 Å². The van der Waals surface area contributed by atoms with E-state index in [1.54, 1.807) is 12.1 Å². The van der Waals surface area contributed by atoms with Crippen molar-refractivity contribution in [2.24, 2.45) is 5.41 Å². The molecule has 2 heterocycles. The number of halogens is 3.